The predicted octanol–water partition coefficient (Wildman–Crippen LogP) is 4.12. The second kappa shape index (κ2) is 10.5. The van der Waals surface area contributed by atoms with Crippen molar-refractivity contribution in [3.05, 3.63) is 63.1 Å². The number of aromatic carboxylic acids is 1. The van der Waals surface area contributed by atoms with Crippen LogP contribution in [0.4, 0.5) is 0 Å². The molecule has 0 fully saturated rings. The zero-order chi connectivity index (χ0) is 22.3. The van der Waals surface area contributed by atoms with E-state index in [1.165, 1.54) is 23.1 Å². The fraction of sp³-hybridized carbons (Fsp3) is 0.227. The van der Waals surface area contributed by atoms with Crippen molar-refractivity contribution in [1.29, 1.82) is 5.26 Å². The molecule has 0 bridgehead atoms. The average Bonchev–Trinajstić information content (AvgIpc) is 2.72. The van der Waals surface area contributed by atoms with Gasteiger partial charge in [-0.1, -0.05) is 28.1 Å². The number of carboxylic acids is 1. The van der Waals surface area contributed by atoms with E-state index < -0.39 is 11.9 Å². The van der Waals surface area contributed by atoms with E-state index >= 15 is 0 Å². The molecule has 0 saturated carbocycles. The largest absolute Gasteiger partial charge is 0.490 e. The number of carbonyl (C=O) groups excluding carboxylic acids is 1. The van der Waals surface area contributed by atoms with Gasteiger partial charge in [0.15, 0.2) is 11.5 Å². The fourth-order valence-electron chi connectivity index (χ4n) is 2.49. The summed E-state index contributed by atoms with van der Waals surface area (Å²) in [4.78, 5) is 24.4. The van der Waals surface area contributed by atoms with Crippen molar-refractivity contribution in [3.63, 3.8) is 0 Å². The molecule has 0 aliphatic rings. The van der Waals surface area contributed by atoms with Crippen LogP contribution >= 0.6 is 15.9 Å². The molecule has 0 unspecified atom stereocenters. The van der Waals surface area contributed by atoms with Crippen LogP contribution in [0.5, 0.6) is 11.5 Å². The van der Waals surface area contributed by atoms with Gasteiger partial charge in [-0.15, -0.1) is 0 Å². The number of rotatable bonds is 8. The molecule has 8 heteroatoms. The summed E-state index contributed by atoms with van der Waals surface area (Å²) in [5.41, 5.74) is 1.60. The van der Waals surface area contributed by atoms with Gasteiger partial charge in [-0.25, -0.2) is 4.79 Å². The third-order valence-electron chi connectivity index (χ3n) is 4.01. The summed E-state index contributed by atoms with van der Waals surface area (Å²) in [5, 5.41) is 18.3. The normalized spacial score (nSPS) is 10.8. The van der Waals surface area contributed by atoms with Crippen molar-refractivity contribution in [2.24, 2.45) is 0 Å². The van der Waals surface area contributed by atoms with Crippen LogP contribution in [0.3, 0.4) is 0 Å². The summed E-state index contributed by atoms with van der Waals surface area (Å²) in [7, 11) is 3.15. The molecule has 0 aromatic heterocycles. The molecule has 0 atom stereocenters. The Hall–Kier alpha value is -3.31. The first-order chi connectivity index (χ1) is 14.3. The highest BCUT2D eigenvalue weighted by molar-refractivity contribution is 9.10. The Labute approximate surface area is 183 Å². The SMILES string of the molecule is CCOc1cc(/C=C(/C#N)C(=O)N(C)C)c(Br)cc1OCc1ccc(C(=O)O)cc1. The van der Waals surface area contributed by atoms with Crippen LogP contribution in [0.2, 0.25) is 0 Å². The molecule has 30 heavy (non-hydrogen) atoms. The van der Waals surface area contributed by atoms with E-state index in [1.807, 2.05) is 13.0 Å². The molecule has 0 radical (unpaired) electrons. The molecule has 7 nitrogen and oxygen atoms in total. The number of halogens is 1. The highest BCUT2D eigenvalue weighted by atomic mass is 79.9. The van der Waals surface area contributed by atoms with Gasteiger partial charge in [0.2, 0.25) is 0 Å². The van der Waals surface area contributed by atoms with Crippen LogP contribution in [0.25, 0.3) is 6.08 Å². The van der Waals surface area contributed by atoms with Crippen LogP contribution in [-0.4, -0.2) is 42.6 Å². The number of amides is 1. The van der Waals surface area contributed by atoms with Gasteiger partial charge in [-0.05, 0) is 48.4 Å². The number of carbonyl (C=O) groups is 2. The zero-order valence-electron chi connectivity index (χ0n) is 16.8. The molecule has 2 aromatic rings. The summed E-state index contributed by atoms with van der Waals surface area (Å²) in [6.45, 7) is 2.45. The van der Waals surface area contributed by atoms with Gasteiger partial charge in [0.25, 0.3) is 5.91 Å². The average molecular weight is 473 g/mol. The first-order valence-electron chi connectivity index (χ1n) is 9.01. The number of likely N-dealkylation sites (N-methyl/N-ethyl adjacent to an activating group) is 1. The molecule has 0 aliphatic heterocycles. The molecule has 2 rings (SSSR count). The molecule has 0 saturated heterocycles. The summed E-state index contributed by atoms with van der Waals surface area (Å²) >= 11 is 3.45. The molecular formula is C22H21BrN2O5. The number of hydrogen-bond donors (Lipinski definition) is 1. The summed E-state index contributed by atoms with van der Waals surface area (Å²) in [5.74, 6) is -0.449. The van der Waals surface area contributed by atoms with Gasteiger partial charge in [0, 0.05) is 18.6 Å². The fourth-order valence-corrected chi connectivity index (χ4v) is 2.92. The maximum Gasteiger partial charge on any atom is 0.335 e. The Kier molecular flexibility index (Phi) is 8.01. The van der Waals surface area contributed by atoms with Gasteiger partial charge < -0.3 is 19.5 Å². The number of nitrogens with zero attached hydrogens (tertiary/aromatic N) is 2. The first-order valence-corrected chi connectivity index (χ1v) is 9.81. The number of nitriles is 1. The van der Waals surface area contributed by atoms with Crippen molar-refractivity contribution in [2.45, 2.75) is 13.5 Å². The van der Waals surface area contributed by atoms with E-state index in [4.69, 9.17) is 14.6 Å². The molecule has 0 aliphatic carbocycles. The molecule has 156 valence electrons. The topological polar surface area (TPSA) is 99.9 Å². The van der Waals surface area contributed by atoms with Crippen LogP contribution in [0, 0.1) is 11.3 Å². The summed E-state index contributed by atoms with van der Waals surface area (Å²) in [6, 6.07) is 11.7. The Morgan fingerprint density at radius 2 is 1.80 bits per heavy atom. The summed E-state index contributed by atoms with van der Waals surface area (Å²) < 4.78 is 12.2. The van der Waals surface area contributed by atoms with Crippen molar-refractivity contribution in [1.82, 2.24) is 4.90 Å². The molecular weight excluding hydrogens is 452 g/mol. The molecule has 1 amide bonds. The minimum Gasteiger partial charge on any atom is -0.490 e. The minimum atomic E-state index is -0.988. The number of hydrogen-bond acceptors (Lipinski definition) is 5. The molecule has 2 aromatic carbocycles. The third-order valence-corrected chi connectivity index (χ3v) is 4.70. The second-order valence-electron chi connectivity index (χ2n) is 6.41. The van der Waals surface area contributed by atoms with Crippen molar-refractivity contribution in [2.75, 3.05) is 20.7 Å². The number of ether oxygens (including phenoxy) is 2. The van der Waals surface area contributed by atoms with E-state index in [0.29, 0.717) is 28.1 Å². The lowest BCUT2D eigenvalue weighted by Gasteiger charge is -2.15. The molecule has 1 N–H and O–H groups in total. The van der Waals surface area contributed by atoms with Crippen LogP contribution in [0.1, 0.15) is 28.4 Å². The number of benzene rings is 2. The lowest BCUT2D eigenvalue weighted by atomic mass is 10.1. The lowest BCUT2D eigenvalue weighted by Crippen LogP contribution is -2.22. The minimum absolute atomic E-state index is 0.00432. The van der Waals surface area contributed by atoms with Crippen LogP contribution < -0.4 is 9.47 Å². The third kappa shape index (κ3) is 5.84. The highest BCUT2D eigenvalue weighted by Gasteiger charge is 2.15. The van der Waals surface area contributed by atoms with Crippen LogP contribution in [0.15, 0.2) is 46.4 Å². The van der Waals surface area contributed by atoms with Crippen molar-refractivity contribution in [3.8, 4) is 17.6 Å². The standard InChI is InChI=1S/C22H21BrN2O5/c1-4-29-19-10-16(9-17(12-24)21(26)25(2)3)18(23)11-20(19)30-13-14-5-7-15(8-6-14)22(27)28/h5-11H,4,13H2,1-3H3,(H,27,28)/b17-9-. The number of carboxylic acid groups (broad SMARTS) is 1. The van der Waals surface area contributed by atoms with Gasteiger partial charge in [-0.3, -0.25) is 4.79 Å². The highest BCUT2D eigenvalue weighted by Crippen LogP contribution is 2.35. The second-order valence-corrected chi connectivity index (χ2v) is 7.27. The predicted molar refractivity (Wildman–Crippen MR) is 115 cm³/mol. The van der Waals surface area contributed by atoms with Gasteiger partial charge in [0.05, 0.1) is 12.2 Å². The van der Waals surface area contributed by atoms with Crippen molar-refractivity contribution < 1.29 is 24.2 Å². The maximum absolute atomic E-state index is 12.1. The van der Waals surface area contributed by atoms with Crippen molar-refractivity contribution >= 4 is 33.9 Å². The van der Waals surface area contributed by atoms with E-state index in [2.05, 4.69) is 15.9 Å². The van der Waals surface area contributed by atoms with Gasteiger partial charge in [0.1, 0.15) is 18.2 Å². The van der Waals surface area contributed by atoms with E-state index in [0.717, 1.165) is 5.56 Å². The molecule has 0 spiro atoms. The maximum atomic E-state index is 12.1. The Balaban J connectivity index is 2.31. The Bertz CT molecular complexity index is 1010. The lowest BCUT2D eigenvalue weighted by molar-refractivity contribution is -0.124. The quantitative estimate of drug-likeness (QED) is 0.458. The summed E-state index contributed by atoms with van der Waals surface area (Å²) in [6.07, 6.45) is 1.49. The van der Waals surface area contributed by atoms with Gasteiger partial charge >= 0.3 is 5.97 Å². The monoisotopic (exact) mass is 472 g/mol. The van der Waals surface area contributed by atoms with Gasteiger partial charge in [-0.2, -0.15) is 5.26 Å². The van der Waals surface area contributed by atoms with E-state index in [1.54, 1.807) is 38.4 Å². The zero-order valence-corrected chi connectivity index (χ0v) is 18.4. The Morgan fingerprint density at radius 1 is 1.17 bits per heavy atom. The van der Waals surface area contributed by atoms with E-state index in [-0.39, 0.29) is 17.7 Å². The van der Waals surface area contributed by atoms with Crippen LogP contribution in [-0.2, 0) is 11.4 Å². The smallest absolute Gasteiger partial charge is 0.335 e. The molecule has 0 heterocycles. The van der Waals surface area contributed by atoms with E-state index in [9.17, 15) is 14.9 Å². The Morgan fingerprint density at radius 3 is 2.33 bits per heavy atom. The first kappa shape index (κ1) is 23.0.